The van der Waals surface area contributed by atoms with Crippen LogP contribution in [0.2, 0.25) is 0 Å². The van der Waals surface area contributed by atoms with Gasteiger partial charge in [0.05, 0.1) is 10.6 Å². The van der Waals surface area contributed by atoms with Crippen molar-refractivity contribution in [2.45, 2.75) is 17.7 Å². The third-order valence-electron chi connectivity index (χ3n) is 5.33. The Labute approximate surface area is 183 Å². The fraction of sp³-hybridized carbons (Fsp3) is 0.409. The van der Waals surface area contributed by atoms with Gasteiger partial charge in [0.15, 0.2) is 0 Å². The van der Waals surface area contributed by atoms with Gasteiger partial charge in [-0.25, -0.2) is 12.8 Å². The Kier molecular flexibility index (Phi) is 8.00. The Bertz CT molecular complexity index is 975. The van der Waals surface area contributed by atoms with Crippen LogP contribution in [0.15, 0.2) is 53.4 Å². The second-order valence-electron chi connectivity index (χ2n) is 7.72. The minimum absolute atomic E-state index is 0.0421. The molecule has 2 aromatic carbocycles. The molecule has 0 aliphatic carbocycles. The first-order valence-electron chi connectivity index (χ1n) is 10.4. The number of amides is 1. The average Bonchev–Trinajstić information content (AvgIpc) is 2.76. The number of hydrogen-bond acceptors (Lipinski definition) is 5. The SMILES string of the molecule is CN1CCN(CCCCNC(=O)c2ccc(S(=O)(=O)Nc3ccccc3F)cc2)CC1. The minimum atomic E-state index is -3.95. The number of para-hydroxylation sites is 1. The largest absolute Gasteiger partial charge is 0.352 e. The van der Waals surface area contributed by atoms with Crippen LogP contribution >= 0.6 is 0 Å². The fourth-order valence-corrected chi connectivity index (χ4v) is 4.44. The van der Waals surface area contributed by atoms with Gasteiger partial charge in [-0.15, -0.1) is 0 Å². The summed E-state index contributed by atoms with van der Waals surface area (Å²) in [4.78, 5) is 17.0. The molecule has 0 bridgehead atoms. The first-order valence-corrected chi connectivity index (χ1v) is 11.9. The highest BCUT2D eigenvalue weighted by Crippen LogP contribution is 2.19. The van der Waals surface area contributed by atoms with Crippen molar-refractivity contribution >= 4 is 21.6 Å². The molecule has 3 rings (SSSR count). The van der Waals surface area contributed by atoms with Crippen LogP contribution in [-0.2, 0) is 10.0 Å². The van der Waals surface area contributed by atoms with E-state index < -0.39 is 15.8 Å². The summed E-state index contributed by atoms with van der Waals surface area (Å²) >= 11 is 0. The van der Waals surface area contributed by atoms with Gasteiger partial charge >= 0.3 is 0 Å². The molecule has 2 aromatic rings. The zero-order valence-electron chi connectivity index (χ0n) is 17.7. The Morgan fingerprint density at radius 2 is 1.68 bits per heavy atom. The second-order valence-corrected chi connectivity index (χ2v) is 9.40. The summed E-state index contributed by atoms with van der Waals surface area (Å²) in [5.41, 5.74) is 0.254. The molecule has 2 N–H and O–H groups in total. The summed E-state index contributed by atoms with van der Waals surface area (Å²) in [6, 6.07) is 11.1. The Balaban J connectivity index is 1.44. The van der Waals surface area contributed by atoms with Gasteiger partial charge in [-0.1, -0.05) is 12.1 Å². The molecule has 1 amide bonds. The highest BCUT2D eigenvalue weighted by atomic mass is 32.2. The third-order valence-corrected chi connectivity index (χ3v) is 6.71. The lowest BCUT2D eigenvalue weighted by atomic mass is 10.2. The lowest BCUT2D eigenvalue weighted by molar-refractivity contribution is 0.0951. The number of unbranched alkanes of at least 4 members (excludes halogenated alkanes) is 1. The van der Waals surface area contributed by atoms with Crippen molar-refractivity contribution in [3.63, 3.8) is 0 Å². The van der Waals surface area contributed by atoms with Gasteiger partial charge in [0.25, 0.3) is 15.9 Å². The summed E-state index contributed by atoms with van der Waals surface area (Å²) in [6.07, 6.45) is 1.90. The van der Waals surface area contributed by atoms with Crippen LogP contribution in [0, 0.1) is 5.82 Å². The zero-order valence-corrected chi connectivity index (χ0v) is 18.5. The van der Waals surface area contributed by atoms with Crippen LogP contribution in [-0.4, -0.2) is 70.4 Å². The van der Waals surface area contributed by atoms with Crippen LogP contribution < -0.4 is 10.0 Å². The van der Waals surface area contributed by atoms with E-state index in [-0.39, 0.29) is 16.5 Å². The molecule has 7 nitrogen and oxygen atoms in total. The molecule has 1 saturated heterocycles. The monoisotopic (exact) mass is 448 g/mol. The number of carbonyl (C=O) groups excluding carboxylic acids is 1. The predicted molar refractivity (Wildman–Crippen MR) is 119 cm³/mol. The molecule has 1 aliphatic heterocycles. The van der Waals surface area contributed by atoms with E-state index in [4.69, 9.17) is 0 Å². The van der Waals surface area contributed by atoms with Crippen LogP contribution in [0.4, 0.5) is 10.1 Å². The van der Waals surface area contributed by atoms with Gasteiger partial charge < -0.3 is 15.1 Å². The average molecular weight is 449 g/mol. The van der Waals surface area contributed by atoms with Crippen molar-refractivity contribution in [2.75, 3.05) is 51.0 Å². The summed E-state index contributed by atoms with van der Waals surface area (Å²) in [5.74, 6) is -0.902. The van der Waals surface area contributed by atoms with Crippen LogP contribution in [0.3, 0.4) is 0 Å². The van der Waals surface area contributed by atoms with Crippen molar-refractivity contribution in [3.05, 3.63) is 59.9 Å². The number of rotatable bonds is 9. The fourth-order valence-electron chi connectivity index (χ4n) is 3.37. The van der Waals surface area contributed by atoms with Crippen LogP contribution in [0.25, 0.3) is 0 Å². The number of nitrogens with one attached hydrogen (secondary N) is 2. The van der Waals surface area contributed by atoms with Gasteiger partial charge in [-0.05, 0) is 62.8 Å². The molecule has 0 aromatic heterocycles. The molecule has 0 saturated carbocycles. The first kappa shape index (κ1) is 23.2. The van der Waals surface area contributed by atoms with E-state index in [0.717, 1.165) is 45.6 Å². The number of hydrogen-bond donors (Lipinski definition) is 2. The number of nitrogens with zero attached hydrogens (tertiary/aromatic N) is 2. The molecule has 1 aliphatic rings. The minimum Gasteiger partial charge on any atom is -0.352 e. The van der Waals surface area contributed by atoms with E-state index in [9.17, 15) is 17.6 Å². The van der Waals surface area contributed by atoms with Crippen molar-refractivity contribution < 1.29 is 17.6 Å². The van der Waals surface area contributed by atoms with Crippen molar-refractivity contribution in [3.8, 4) is 0 Å². The number of likely N-dealkylation sites (N-methyl/N-ethyl adjacent to an activating group) is 1. The molecular formula is C22H29FN4O3S. The smallest absolute Gasteiger partial charge is 0.261 e. The Morgan fingerprint density at radius 1 is 1.00 bits per heavy atom. The van der Waals surface area contributed by atoms with E-state index in [0.29, 0.717) is 12.1 Å². The number of anilines is 1. The third kappa shape index (κ3) is 6.75. The van der Waals surface area contributed by atoms with Gasteiger partial charge in [0.2, 0.25) is 0 Å². The summed E-state index contributed by atoms with van der Waals surface area (Å²) in [6.45, 7) is 5.97. The Hall–Kier alpha value is -2.49. The quantitative estimate of drug-likeness (QED) is 0.576. The normalized spacial score (nSPS) is 15.5. The zero-order chi connectivity index (χ0) is 22.3. The summed E-state index contributed by atoms with van der Waals surface area (Å²) < 4.78 is 40.8. The van der Waals surface area contributed by atoms with E-state index in [2.05, 4.69) is 26.9 Å². The Morgan fingerprint density at radius 3 is 2.35 bits per heavy atom. The van der Waals surface area contributed by atoms with E-state index >= 15 is 0 Å². The molecular weight excluding hydrogens is 419 g/mol. The molecule has 9 heteroatoms. The predicted octanol–water partition coefficient (Wildman–Crippen LogP) is 2.38. The van der Waals surface area contributed by atoms with Gasteiger partial charge in [-0.2, -0.15) is 0 Å². The lowest BCUT2D eigenvalue weighted by Gasteiger charge is -2.32. The maximum atomic E-state index is 13.7. The molecule has 0 radical (unpaired) electrons. The number of sulfonamides is 1. The van der Waals surface area contributed by atoms with Gasteiger partial charge in [0.1, 0.15) is 5.82 Å². The summed E-state index contributed by atoms with van der Waals surface area (Å²) in [5, 5.41) is 2.87. The molecule has 1 heterocycles. The number of piperazine rings is 1. The van der Waals surface area contributed by atoms with E-state index in [1.807, 2.05) is 0 Å². The molecule has 168 valence electrons. The van der Waals surface area contributed by atoms with E-state index in [1.165, 1.54) is 42.5 Å². The highest BCUT2D eigenvalue weighted by Gasteiger charge is 2.17. The maximum absolute atomic E-state index is 13.7. The van der Waals surface area contributed by atoms with Gasteiger partial charge in [-0.3, -0.25) is 9.52 Å². The van der Waals surface area contributed by atoms with Crippen molar-refractivity contribution in [2.24, 2.45) is 0 Å². The number of carbonyl (C=O) groups is 1. The summed E-state index contributed by atoms with van der Waals surface area (Å²) in [7, 11) is -1.81. The maximum Gasteiger partial charge on any atom is 0.261 e. The standard InChI is InChI=1S/C22H29FN4O3S/c1-26-14-16-27(17-15-26)13-5-4-12-24-22(28)18-8-10-19(11-9-18)31(29,30)25-21-7-3-2-6-20(21)23/h2-3,6-11,25H,4-5,12-17H2,1H3,(H,24,28). The van der Waals surface area contributed by atoms with Gasteiger partial charge in [0, 0.05) is 38.3 Å². The molecule has 0 unspecified atom stereocenters. The van der Waals surface area contributed by atoms with Crippen LogP contribution in [0.1, 0.15) is 23.2 Å². The molecule has 1 fully saturated rings. The van der Waals surface area contributed by atoms with E-state index in [1.54, 1.807) is 6.07 Å². The van der Waals surface area contributed by atoms with Crippen molar-refractivity contribution in [1.82, 2.24) is 15.1 Å². The van der Waals surface area contributed by atoms with Crippen molar-refractivity contribution in [1.29, 1.82) is 0 Å². The lowest BCUT2D eigenvalue weighted by Crippen LogP contribution is -2.44. The second kappa shape index (κ2) is 10.7. The molecule has 31 heavy (non-hydrogen) atoms. The first-order chi connectivity index (χ1) is 14.8. The molecule has 0 spiro atoms. The van der Waals surface area contributed by atoms with Crippen LogP contribution in [0.5, 0.6) is 0 Å². The molecule has 0 atom stereocenters. The highest BCUT2D eigenvalue weighted by molar-refractivity contribution is 7.92. The topological polar surface area (TPSA) is 81.8 Å². The number of benzene rings is 2. The number of halogens is 1.